The van der Waals surface area contributed by atoms with E-state index >= 15 is 0 Å². The number of esters is 1. The van der Waals surface area contributed by atoms with Crippen LogP contribution in [0.15, 0.2) is 17.1 Å². The molecular weight excluding hydrogens is 326 g/mol. The van der Waals surface area contributed by atoms with Gasteiger partial charge in [0.05, 0.1) is 32.9 Å². The van der Waals surface area contributed by atoms with E-state index in [-0.39, 0.29) is 18.1 Å². The third-order valence-electron chi connectivity index (χ3n) is 4.15. The second-order valence-corrected chi connectivity index (χ2v) is 5.80. The average Bonchev–Trinajstić information content (AvgIpc) is 2.61. The smallest absolute Gasteiger partial charge is 0.338 e. The summed E-state index contributed by atoms with van der Waals surface area (Å²) in [6.07, 6.45) is 2.85. The molecule has 8 heteroatoms. The molecule has 0 bridgehead atoms. The summed E-state index contributed by atoms with van der Waals surface area (Å²) in [5.74, 6) is 0.914. The third kappa shape index (κ3) is 4.68. The van der Waals surface area contributed by atoms with E-state index in [0.717, 1.165) is 25.7 Å². The molecule has 0 aromatic heterocycles. The maximum absolute atomic E-state index is 12.5. The van der Waals surface area contributed by atoms with E-state index in [4.69, 9.17) is 30.4 Å². The summed E-state index contributed by atoms with van der Waals surface area (Å²) in [5, 5.41) is 0. The molecule has 1 aromatic carbocycles. The molecule has 0 radical (unpaired) electrons. The summed E-state index contributed by atoms with van der Waals surface area (Å²) in [5.41, 5.74) is 11.2. The Morgan fingerprint density at radius 2 is 1.56 bits per heavy atom. The van der Waals surface area contributed by atoms with Gasteiger partial charge in [0.2, 0.25) is 5.75 Å². The molecule has 2 rings (SSSR count). The molecule has 0 aliphatic heterocycles. The van der Waals surface area contributed by atoms with Crippen LogP contribution in [-0.4, -0.2) is 45.4 Å². The maximum atomic E-state index is 12.5. The van der Waals surface area contributed by atoms with Gasteiger partial charge in [-0.2, -0.15) is 0 Å². The minimum Gasteiger partial charge on any atom is -0.493 e. The van der Waals surface area contributed by atoms with Crippen LogP contribution in [-0.2, 0) is 4.74 Å². The highest BCUT2D eigenvalue weighted by Gasteiger charge is 2.25. The quantitative estimate of drug-likeness (QED) is 0.452. The molecule has 0 heterocycles. The van der Waals surface area contributed by atoms with Gasteiger partial charge in [0, 0.05) is 0 Å². The minimum absolute atomic E-state index is 0.0952. The fourth-order valence-corrected chi connectivity index (χ4v) is 2.92. The molecule has 138 valence electrons. The first kappa shape index (κ1) is 18.7. The van der Waals surface area contributed by atoms with Gasteiger partial charge < -0.3 is 30.4 Å². The molecule has 0 saturated heterocycles. The van der Waals surface area contributed by atoms with Crippen molar-refractivity contribution in [1.29, 1.82) is 0 Å². The molecule has 25 heavy (non-hydrogen) atoms. The summed E-state index contributed by atoms with van der Waals surface area (Å²) >= 11 is 0. The molecule has 1 aromatic rings. The van der Waals surface area contributed by atoms with E-state index in [1.54, 1.807) is 12.1 Å². The number of carbonyl (C=O) groups excluding carboxylic acids is 1. The molecule has 0 unspecified atom stereocenters. The number of rotatable bonds is 6. The highest BCUT2D eigenvalue weighted by atomic mass is 16.5. The lowest BCUT2D eigenvalue weighted by Gasteiger charge is -2.26. The summed E-state index contributed by atoms with van der Waals surface area (Å²) in [6.45, 7) is 0. The fraction of sp³-hybridized carbons (Fsp3) is 0.529. The minimum atomic E-state index is -0.426. The van der Waals surface area contributed by atoms with E-state index in [1.807, 2.05) is 0 Å². The van der Waals surface area contributed by atoms with E-state index in [9.17, 15) is 4.79 Å². The molecule has 4 N–H and O–H groups in total. The van der Waals surface area contributed by atoms with Crippen LogP contribution in [0.5, 0.6) is 17.2 Å². The van der Waals surface area contributed by atoms with E-state index in [0.29, 0.717) is 22.8 Å². The highest BCUT2D eigenvalue weighted by molar-refractivity contribution is 5.91. The number of aliphatic imine (C=N–C) groups is 1. The van der Waals surface area contributed by atoms with E-state index in [1.165, 1.54) is 21.3 Å². The molecule has 0 atom stereocenters. The number of ether oxygens (including phenoxy) is 4. The Kier molecular flexibility index (Phi) is 6.32. The fourth-order valence-electron chi connectivity index (χ4n) is 2.92. The number of methoxy groups -OCH3 is 3. The van der Waals surface area contributed by atoms with Crippen LogP contribution in [0, 0.1) is 0 Å². The molecule has 8 nitrogen and oxygen atoms in total. The molecule has 0 amide bonds. The molecule has 1 fully saturated rings. The van der Waals surface area contributed by atoms with Gasteiger partial charge in [-0.3, -0.25) is 4.99 Å². The SMILES string of the molecule is COc1cc(C(=O)OC2CCC(N=C(N)N)CC2)cc(OC)c1OC. The predicted molar refractivity (Wildman–Crippen MR) is 93.4 cm³/mol. The largest absolute Gasteiger partial charge is 0.493 e. The number of guanidine groups is 1. The first-order valence-corrected chi connectivity index (χ1v) is 8.08. The van der Waals surface area contributed by atoms with Crippen molar-refractivity contribution in [3.05, 3.63) is 17.7 Å². The van der Waals surface area contributed by atoms with Crippen molar-refractivity contribution in [3.8, 4) is 17.2 Å². The number of benzene rings is 1. The predicted octanol–water partition coefficient (Wildman–Crippen LogP) is 1.45. The van der Waals surface area contributed by atoms with Crippen LogP contribution in [0.1, 0.15) is 36.0 Å². The van der Waals surface area contributed by atoms with Crippen LogP contribution < -0.4 is 25.7 Å². The third-order valence-corrected chi connectivity index (χ3v) is 4.15. The summed E-state index contributed by atoms with van der Waals surface area (Å²) in [6, 6.07) is 3.25. The lowest BCUT2D eigenvalue weighted by Crippen LogP contribution is -2.30. The molecule has 1 saturated carbocycles. The van der Waals surface area contributed by atoms with Gasteiger partial charge in [0.25, 0.3) is 0 Å². The maximum Gasteiger partial charge on any atom is 0.338 e. The zero-order valence-electron chi connectivity index (χ0n) is 14.8. The van der Waals surface area contributed by atoms with Gasteiger partial charge in [-0.25, -0.2) is 4.79 Å². The Morgan fingerprint density at radius 3 is 2.00 bits per heavy atom. The Morgan fingerprint density at radius 1 is 1.00 bits per heavy atom. The Bertz CT molecular complexity index is 610. The van der Waals surface area contributed by atoms with Gasteiger partial charge >= 0.3 is 5.97 Å². The van der Waals surface area contributed by atoms with Crippen LogP contribution in [0.25, 0.3) is 0 Å². The van der Waals surface area contributed by atoms with Crippen LogP contribution in [0.3, 0.4) is 0 Å². The molecule has 1 aliphatic rings. The molecule has 1 aliphatic carbocycles. The molecule has 0 spiro atoms. The monoisotopic (exact) mass is 351 g/mol. The second kappa shape index (κ2) is 8.46. The first-order chi connectivity index (χ1) is 12.0. The van der Waals surface area contributed by atoms with Gasteiger partial charge in [0.15, 0.2) is 17.5 Å². The van der Waals surface area contributed by atoms with Crippen molar-refractivity contribution >= 4 is 11.9 Å². The highest BCUT2D eigenvalue weighted by Crippen LogP contribution is 2.38. The number of carbonyl (C=O) groups is 1. The average molecular weight is 351 g/mol. The van der Waals surface area contributed by atoms with Crippen molar-refractivity contribution < 1.29 is 23.7 Å². The summed E-state index contributed by atoms with van der Waals surface area (Å²) in [7, 11) is 4.50. The summed E-state index contributed by atoms with van der Waals surface area (Å²) in [4.78, 5) is 16.6. The Hall–Kier alpha value is -2.64. The van der Waals surface area contributed by atoms with Gasteiger partial charge in [0.1, 0.15) is 6.10 Å². The Balaban J connectivity index is 2.05. The zero-order valence-corrected chi connectivity index (χ0v) is 14.8. The Labute approximate surface area is 147 Å². The zero-order chi connectivity index (χ0) is 18.4. The van der Waals surface area contributed by atoms with Crippen molar-refractivity contribution in [2.45, 2.75) is 37.8 Å². The van der Waals surface area contributed by atoms with Crippen molar-refractivity contribution in [1.82, 2.24) is 0 Å². The van der Waals surface area contributed by atoms with E-state index in [2.05, 4.69) is 4.99 Å². The van der Waals surface area contributed by atoms with Crippen LogP contribution >= 0.6 is 0 Å². The lowest BCUT2D eigenvalue weighted by atomic mass is 9.93. The van der Waals surface area contributed by atoms with Gasteiger partial charge in [-0.05, 0) is 37.8 Å². The lowest BCUT2D eigenvalue weighted by molar-refractivity contribution is 0.0197. The standard InChI is InChI=1S/C17H25N3O5/c1-22-13-8-10(9-14(23-2)15(13)24-3)16(21)25-12-6-4-11(5-7-12)20-17(18)19/h8-9,11-12H,4-7H2,1-3H3,(H4,18,19,20). The molecular formula is C17H25N3O5. The topological polar surface area (TPSA) is 118 Å². The van der Waals surface area contributed by atoms with Gasteiger partial charge in [-0.1, -0.05) is 0 Å². The van der Waals surface area contributed by atoms with Crippen LogP contribution in [0.4, 0.5) is 0 Å². The van der Waals surface area contributed by atoms with Crippen LogP contribution in [0.2, 0.25) is 0 Å². The second-order valence-electron chi connectivity index (χ2n) is 5.80. The first-order valence-electron chi connectivity index (χ1n) is 8.08. The van der Waals surface area contributed by atoms with Gasteiger partial charge in [-0.15, -0.1) is 0 Å². The normalized spacial score (nSPS) is 19.6. The number of nitrogens with zero attached hydrogens (tertiary/aromatic N) is 1. The number of hydrogen-bond donors (Lipinski definition) is 2. The van der Waals surface area contributed by atoms with E-state index < -0.39 is 5.97 Å². The van der Waals surface area contributed by atoms with Crippen molar-refractivity contribution in [2.75, 3.05) is 21.3 Å². The number of nitrogens with two attached hydrogens (primary N) is 2. The number of hydrogen-bond acceptors (Lipinski definition) is 6. The van der Waals surface area contributed by atoms with Crippen molar-refractivity contribution in [3.63, 3.8) is 0 Å². The van der Waals surface area contributed by atoms with Crippen molar-refractivity contribution in [2.24, 2.45) is 16.5 Å². The summed E-state index contributed by atoms with van der Waals surface area (Å²) < 4.78 is 21.4.